The zero-order valence-corrected chi connectivity index (χ0v) is 21.0. The van der Waals surface area contributed by atoms with Crippen molar-refractivity contribution < 1.29 is 23.9 Å². The van der Waals surface area contributed by atoms with Crippen molar-refractivity contribution in [3.05, 3.63) is 89.0 Å². The second kappa shape index (κ2) is 13.4. The Morgan fingerprint density at radius 3 is 2.30 bits per heavy atom. The van der Waals surface area contributed by atoms with Gasteiger partial charge < -0.3 is 20.1 Å². The van der Waals surface area contributed by atoms with Gasteiger partial charge in [-0.15, -0.1) is 0 Å². The summed E-state index contributed by atoms with van der Waals surface area (Å²) in [6, 6.07) is 20.0. The highest BCUT2D eigenvalue weighted by Crippen LogP contribution is 2.28. The van der Waals surface area contributed by atoms with Crippen molar-refractivity contribution in [2.45, 2.75) is 27.3 Å². The minimum atomic E-state index is -0.882. The summed E-state index contributed by atoms with van der Waals surface area (Å²) in [6.07, 6.45) is 1.38. The smallest absolute Gasteiger partial charge is 0.329 e. The zero-order valence-electron chi connectivity index (χ0n) is 21.0. The quantitative estimate of drug-likeness (QED) is 0.223. The zero-order chi connectivity index (χ0) is 26.6. The summed E-state index contributed by atoms with van der Waals surface area (Å²) >= 11 is 0. The van der Waals surface area contributed by atoms with Crippen molar-refractivity contribution in [1.82, 2.24) is 10.7 Å². The van der Waals surface area contributed by atoms with Gasteiger partial charge in [-0.25, -0.2) is 5.43 Å². The standard InChI is InChI=1S/C28H30N4O5/c1-4-36-25-15-22(17-30-32-28(35)27(34)29-16-21-8-6-5-7-9-21)10-11-24(25)37-18-26(33)31-23-13-19(2)12-20(3)14-23/h5-15,17H,4,16,18H2,1-3H3,(H,29,34)(H,31,33)(H,32,35)/b30-17-. The summed E-state index contributed by atoms with van der Waals surface area (Å²) in [5, 5.41) is 9.19. The van der Waals surface area contributed by atoms with Crippen LogP contribution in [0.25, 0.3) is 0 Å². The Kier molecular flexibility index (Phi) is 9.78. The Morgan fingerprint density at radius 2 is 1.59 bits per heavy atom. The number of hydrogen-bond acceptors (Lipinski definition) is 6. The maximum atomic E-state index is 12.4. The maximum Gasteiger partial charge on any atom is 0.329 e. The third-order valence-corrected chi connectivity index (χ3v) is 5.01. The first-order chi connectivity index (χ1) is 17.8. The van der Waals surface area contributed by atoms with E-state index in [0.717, 1.165) is 16.7 Å². The van der Waals surface area contributed by atoms with Crippen LogP contribution in [0.5, 0.6) is 11.5 Å². The van der Waals surface area contributed by atoms with Gasteiger partial charge in [0, 0.05) is 12.2 Å². The molecule has 0 radical (unpaired) electrons. The van der Waals surface area contributed by atoms with Crippen LogP contribution >= 0.6 is 0 Å². The number of anilines is 1. The molecule has 3 amide bonds. The van der Waals surface area contributed by atoms with Crippen LogP contribution < -0.4 is 25.5 Å². The predicted molar refractivity (Wildman–Crippen MR) is 142 cm³/mol. The molecule has 0 aromatic heterocycles. The van der Waals surface area contributed by atoms with Crippen molar-refractivity contribution in [3.8, 4) is 11.5 Å². The number of hydrazone groups is 1. The molecule has 9 nitrogen and oxygen atoms in total. The van der Waals surface area contributed by atoms with E-state index in [-0.39, 0.29) is 19.1 Å². The van der Waals surface area contributed by atoms with Crippen molar-refractivity contribution >= 4 is 29.6 Å². The van der Waals surface area contributed by atoms with Crippen LogP contribution in [-0.4, -0.2) is 37.1 Å². The van der Waals surface area contributed by atoms with E-state index < -0.39 is 11.8 Å². The largest absolute Gasteiger partial charge is 0.490 e. The second-order valence-electron chi connectivity index (χ2n) is 8.22. The lowest BCUT2D eigenvalue weighted by Crippen LogP contribution is -2.37. The molecule has 37 heavy (non-hydrogen) atoms. The molecule has 0 aliphatic carbocycles. The highest BCUT2D eigenvalue weighted by atomic mass is 16.5. The van der Waals surface area contributed by atoms with Gasteiger partial charge in [0.15, 0.2) is 18.1 Å². The number of carbonyl (C=O) groups is 3. The molecule has 0 heterocycles. The first kappa shape index (κ1) is 26.9. The molecule has 9 heteroatoms. The summed E-state index contributed by atoms with van der Waals surface area (Å²) in [4.78, 5) is 36.3. The fraction of sp³-hybridized carbons (Fsp3) is 0.214. The number of carbonyl (C=O) groups excluding carboxylic acids is 3. The molecule has 0 saturated carbocycles. The van der Waals surface area contributed by atoms with Crippen molar-refractivity contribution in [1.29, 1.82) is 0 Å². The molecule has 0 fully saturated rings. The molecule has 3 aromatic rings. The summed E-state index contributed by atoms with van der Waals surface area (Å²) in [5.74, 6) is -1.17. The Hall–Kier alpha value is -4.66. The van der Waals surface area contributed by atoms with Gasteiger partial charge in [0.25, 0.3) is 5.91 Å². The SMILES string of the molecule is CCOc1cc(/C=N\NC(=O)C(=O)NCc2ccccc2)ccc1OCC(=O)Nc1cc(C)cc(C)c1. The van der Waals surface area contributed by atoms with E-state index in [0.29, 0.717) is 29.4 Å². The maximum absolute atomic E-state index is 12.4. The fourth-order valence-corrected chi connectivity index (χ4v) is 3.45. The van der Waals surface area contributed by atoms with Crippen LogP contribution in [0.3, 0.4) is 0 Å². The Balaban J connectivity index is 1.53. The minimum Gasteiger partial charge on any atom is -0.490 e. The van der Waals surface area contributed by atoms with Gasteiger partial charge in [-0.2, -0.15) is 5.10 Å². The molecule has 0 aliphatic rings. The van der Waals surface area contributed by atoms with E-state index in [1.54, 1.807) is 18.2 Å². The summed E-state index contributed by atoms with van der Waals surface area (Å²) in [5.41, 5.74) is 6.48. The van der Waals surface area contributed by atoms with Gasteiger partial charge in [0.1, 0.15) is 0 Å². The predicted octanol–water partition coefficient (Wildman–Crippen LogP) is 3.49. The number of benzene rings is 3. The first-order valence-electron chi connectivity index (χ1n) is 11.8. The Labute approximate surface area is 215 Å². The van der Waals surface area contributed by atoms with E-state index >= 15 is 0 Å². The molecule has 192 valence electrons. The van der Waals surface area contributed by atoms with Gasteiger partial charge in [-0.05, 0) is 73.4 Å². The van der Waals surface area contributed by atoms with E-state index in [1.807, 2.05) is 69.3 Å². The summed E-state index contributed by atoms with van der Waals surface area (Å²) in [7, 11) is 0. The molecule has 0 unspecified atom stereocenters. The number of nitrogens with zero attached hydrogens (tertiary/aromatic N) is 1. The van der Waals surface area contributed by atoms with E-state index in [9.17, 15) is 14.4 Å². The van der Waals surface area contributed by atoms with Crippen molar-refractivity contribution in [3.63, 3.8) is 0 Å². The normalized spacial score (nSPS) is 10.6. The Bertz CT molecular complexity index is 1250. The van der Waals surface area contributed by atoms with Crippen LogP contribution in [0.4, 0.5) is 5.69 Å². The van der Waals surface area contributed by atoms with E-state index in [2.05, 4.69) is 21.2 Å². The third kappa shape index (κ3) is 8.81. The fourth-order valence-electron chi connectivity index (χ4n) is 3.45. The number of rotatable bonds is 10. The third-order valence-electron chi connectivity index (χ3n) is 5.01. The monoisotopic (exact) mass is 502 g/mol. The summed E-state index contributed by atoms with van der Waals surface area (Å²) in [6.45, 7) is 6.16. The van der Waals surface area contributed by atoms with Gasteiger partial charge >= 0.3 is 11.8 Å². The average molecular weight is 503 g/mol. The molecule has 3 aromatic carbocycles. The van der Waals surface area contributed by atoms with E-state index in [1.165, 1.54) is 6.21 Å². The van der Waals surface area contributed by atoms with Crippen LogP contribution in [0, 0.1) is 13.8 Å². The van der Waals surface area contributed by atoms with Crippen LogP contribution in [0.1, 0.15) is 29.2 Å². The number of amides is 3. The number of ether oxygens (including phenoxy) is 2. The highest BCUT2D eigenvalue weighted by Gasteiger charge is 2.12. The number of hydrogen-bond donors (Lipinski definition) is 3. The molecule has 0 saturated heterocycles. The topological polar surface area (TPSA) is 118 Å². The molecule has 0 atom stereocenters. The molecule has 0 aliphatic heterocycles. The second-order valence-corrected chi connectivity index (χ2v) is 8.22. The first-order valence-corrected chi connectivity index (χ1v) is 11.8. The van der Waals surface area contributed by atoms with Crippen LogP contribution in [0.15, 0.2) is 71.8 Å². The lowest BCUT2D eigenvalue weighted by atomic mass is 10.1. The van der Waals surface area contributed by atoms with Crippen LogP contribution in [0.2, 0.25) is 0 Å². The average Bonchev–Trinajstić information content (AvgIpc) is 2.87. The van der Waals surface area contributed by atoms with Crippen molar-refractivity contribution in [2.24, 2.45) is 5.10 Å². The number of aryl methyl sites for hydroxylation is 2. The van der Waals surface area contributed by atoms with Crippen LogP contribution in [-0.2, 0) is 20.9 Å². The van der Waals surface area contributed by atoms with Gasteiger partial charge in [-0.1, -0.05) is 36.4 Å². The number of nitrogens with one attached hydrogen (secondary N) is 3. The molecular formula is C28H30N4O5. The van der Waals surface area contributed by atoms with Gasteiger partial charge in [-0.3, -0.25) is 14.4 Å². The lowest BCUT2D eigenvalue weighted by molar-refractivity contribution is -0.139. The molecule has 3 rings (SSSR count). The molecule has 0 spiro atoms. The van der Waals surface area contributed by atoms with Gasteiger partial charge in [0.05, 0.1) is 12.8 Å². The summed E-state index contributed by atoms with van der Waals surface area (Å²) < 4.78 is 11.3. The van der Waals surface area contributed by atoms with Gasteiger partial charge in [0.2, 0.25) is 0 Å². The van der Waals surface area contributed by atoms with E-state index in [4.69, 9.17) is 9.47 Å². The molecule has 0 bridgehead atoms. The highest BCUT2D eigenvalue weighted by molar-refractivity contribution is 6.35. The Morgan fingerprint density at radius 1 is 0.865 bits per heavy atom. The van der Waals surface area contributed by atoms with Crippen molar-refractivity contribution in [2.75, 3.05) is 18.5 Å². The molecular weight excluding hydrogens is 472 g/mol. The lowest BCUT2D eigenvalue weighted by Gasteiger charge is -2.13. The minimum absolute atomic E-state index is 0.200. The molecule has 3 N–H and O–H groups in total.